The summed E-state index contributed by atoms with van der Waals surface area (Å²) >= 11 is 0. The van der Waals surface area contributed by atoms with Crippen LogP contribution in [0.15, 0.2) is 0 Å². The highest BCUT2D eigenvalue weighted by atomic mass is 15.3. The van der Waals surface area contributed by atoms with E-state index in [9.17, 15) is 0 Å². The van der Waals surface area contributed by atoms with Crippen LogP contribution in [0.3, 0.4) is 0 Å². The zero-order valence-corrected chi connectivity index (χ0v) is 17.1. The summed E-state index contributed by atoms with van der Waals surface area (Å²) in [6.45, 7) is 19.8. The molecule has 2 saturated heterocycles. The van der Waals surface area contributed by atoms with Gasteiger partial charge >= 0.3 is 0 Å². The maximum absolute atomic E-state index is 4.70. The van der Waals surface area contributed by atoms with Gasteiger partial charge in [-0.25, -0.2) is 0 Å². The number of aromatic nitrogens is 2. The van der Waals surface area contributed by atoms with Crippen LogP contribution in [0.1, 0.15) is 57.0 Å². The fourth-order valence-electron chi connectivity index (χ4n) is 5.01. The molecule has 3 heterocycles. The minimum Gasteiger partial charge on any atom is -0.303 e. The van der Waals surface area contributed by atoms with Gasteiger partial charge in [-0.2, -0.15) is 5.10 Å². The van der Waals surface area contributed by atoms with Gasteiger partial charge in [-0.15, -0.1) is 0 Å². The Balaban J connectivity index is 1.50. The number of nitrogens with zero attached hydrogens (tertiary/aromatic N) is 4. The summed E-state index contributed by atoms with van der Waals surface area (Å²) < 4.78 is 2.16. The number of rotatable bonds is 6. The normalized spacial score (nSPS) is 23.8. The summed E-state index contributed by atoms with van der Waals surface area (Å²) in [5, 5.41) is 4.70. The lowest BCUT2D eigenvalue weighted by Crippen LogP contribution is -2.38. The van der Waals surface area contributed by atoms with Crippen LogP contribution < -0.4 is 0 Å². The highest BCUT2D eigenvalue weighted by Crippen LogP contribution is 2.33. The molecule has 0 N–H and O–H groups in total. The van der Waals surface area contributed by atoms with Crippen molar-refractivity contribution in [3.8, 4) is 0 Å². The zero-order valence-electron chi connectivity index (χ0n) is 17.1. The molecule has 25 heavy (non-hydrogen) atoms. The van der Waals surface area contributed by atoms with Crippen LogP contribution in [-0.2, 0) is 13.1 Å². The van der Waals surface area contributed by atoms with Crippen molar-refractivity contribution >= 4 is 0 Å². The van der Waals surface area contributed by atoms with Crippen molar-refractivity contribution in [3.05, 3.63) is 17.0 Å². The Hall–Kier alpha value is -0.870. The fraction of sp³-hybridized carbons (Fsp3) is 0.857. The van der Waals surface area contributed by atoms with Gasteiger partial charge in [0.05, 0.1) is 5.69 Å². The quantitative estimate of drug-likeness (QED) is 0.785. The van der Waals surface area contributed by atoms with Crippen molar-refractivity contribution < 1.29 is 0 Å². The standard InChI is InChI=1S/C21H38N4/c1-6-25-18(5)21(17(4)22-25)15-24-12-9-20(14-24)19-7-10-23(11-8-19)13-16(2)3/h16,19-20H,6-15H2,1-5H3. The van der Waals surface area contributed by atoms with Gasteiger partial charge in [0.15, 0.2) is 0 Å². The van der Waals surface area contributed by atoms with Crippen LogP contribution in [0, 0.1) is 31.6 Å². The molecule has 1 atom stereocenters. The first-order valence-corrected chi connectivity index (χ1v) is 10.5. The molecular weight excluding hydrogens is 308 g/mol. The SMILES string of the molecule is CCn1nc(C)c(CN2CCC(C3CCN(CC(C)C)CC3)C2)c1C. The summed E-state index contributed by atoms with van der Waals surface area (Å²) in [5.41, 5.74) is 4.06. The molecule has 2 aliphatic rings. The smallest absolute Gasteiger partial charge is 0.0641 e. The van der Waals surface area contributed by atoms with Gasteiger partial charge in [-0.05, 0) is 77.4 Å². The number of hydrogen-bond donors (Lipinski definition) is 0. The van der Waals surface area contributed by atoms with E-state index in [1.165, 1.54) is 68.9 Å². The Kier molecular flexibility index (Phi) is 6.21. The molecule has 0 radical (unpaired) electrons. The van der Waals surface area contributed by atoms with Crippen LogP contribution in [0.25, 0.3) is 0 Å². The second-order valence-corrected chi connectivity index (χ2v) is 8.78. The van der Waals surface area contributed by atoms with E-state index >= 15 is 0 Å². The lowest BCUT2D eigenvalue weighted by atomic mass is 9.83. The summed E-state index contributed by atoms with van der Waals surface area (Å²) in [5.74, 6) is 2.67. The minimum absolute atomic E-state index is 0.800. The number of hydrogen-bond acceptors (Lipinski definition) is 3. The van der Waals surface area contributed by atoms with Gasteiger partial charge in [0.2, 0.25) is 0 Å². The first-order valence-electron chi connectivity index (χ1n) is 10.5. The Morgan fingerprint density at radius 1 is 1.00 bits per heavy atom. The third-order valence-electron chi connectivity index (χ3n) is 6.44. The van der Waals surface area contributed by atoms with Crippen molar-refractivity contribution in [2.75, 3.05) is 32.7 Å². The molecule has 1 unspecified atom stereocenters. The Labute approximate surface area is 154 Å². The number of aryl methyl sites for hydroxylation is 2. The van der Waals surface area contributed by atoms with Crippen molar-refractivity contribution in [2.24, 2.45) is 17.8 Å². The summed E-state index contributed by atoms with van der Waals surface area (Å²) in [6.07, 6.45) is 4.23. The van der Waals surface area contributed by atoms with Gasteiger partial charge in [0, 0.05) is 37.4 Å². The Morgan fingerprint density at radius 2 is 1.64 bits per heavy atom. The van der Waals surface area contributed by atoms with E-state index in [-0.39, 0.29) is 0 Å². The Morgan fingerprint density at radius 3 is 2.24 bits per heavy atom. The van der Waals surface area contributed by atoms with E-state index in [4.69, 9.17) is 5.10 Å². The van der Waals surface area contributed by atoms with Gasteiger partial charge in [0.25, 0.3) is 0 Å². The summed E-state index contributed by atoms with van der Waals surface area (Å²) in [6, 6.07) is 0. The lowest BCUT2D eigenvalue weighted by molar-refractivity contribution is 0.135. The molecule has 3 rings (SSSR count). The molecule has 0 bridgehead atoms. The molecule has 0 spiro atoms. The maximum atomic E-state index is 4.70. The molecule has 0 aliphatic carbocycles. The molecule has 2 aliphatic heterocycles. The van der Waals surface area contributed by atoms with E-state index in [0.29, 0.717) is 0 Å². The van der Waals surface area contributed by atoms with Crippen LogP contribution >= 0.6 is 0 Å². The number of likely N-dealkylation sites (tertiary alicyclic amines) is 2. The molecule has 4 nitrogen and oxygen atoms in total. The fourth-order valence-corrected chi connectivity index (χ4v) is 5.01. The minimum atomic E-state index is 0.800. The predicted molar refractivity (Wildman–Crippen MR) is 105 cm³/mol. The maximum Gasteiger partial charge on any atom is 0.0641 e. The highest BCUT2D eigenvalue weighted by Gasteiger charge is 2.32. The topological polar surface area (TPSA) is 24.3 Å². The molecule has 1 aromatic heterocycles. The van der Waals surface area contributed by atoms with Crippen LogP contribution in [0.2, 0.25) is 0 Å². The van der Waals surface area contributed by atoms with Crippen LogP contribution in [0.5, 0.6) is 0 Å². The van der Waals surface area contributed by atoms with Gasteiger partial charge in [-0.3, -0.25) is 9.58 Å². The Bertz CT molecular complexity index is 554. The summed E-state index contributed by atoms with van der Waals surface area (Å²) in [7, 11) is 0. The van der Waals surface area contributed by atoms with Gasteiger partial charge in [-0.1, -0.05) is 13.8 Å². The van der Waals surface area contributed by atoms with Crippen molar-refractivity contribution in [1.29, 1.82) is 0 Å². The highest BCUT2D eigenvalue weighted by molar-refractivity contribution is 5.24. The van der Waals surface area contributed by atoms with E-state index in [1.54, 1.807) is 0 Å². The largest absolute Gasteiger partial charge is 0.303 e. The molecule has 142 valence electrons. The van der Waals surface area contributed by atoms with E-state index in [0.717, 1.165) is 30.8 Å². The molecule has 0 amide bonds. The lowest BCUT2D eigenvalue weighted by Gasteiger charge is -2.35. The molecule has 0 aromatic carbocycles. The molecule has 1 aromatic rings. The third-order valence-corrected chi connectivity index (χ3v) is 6.44. The average Bonchev–Trinajstić information content (AvgIpc) is 3.15. The van der Waals surface area contributed by atoms with E-state index in [2.05, 4.69) is 49.1 Å². The predicted octanol–water partition coefficient (Wildman–Crippen LogP) is 3.71. The second-order valence-electron chi connectivity index (χ2n) is 8.78. The average molecular weight is 347 g/mol. The molecular formula is C21H38N4. The third kappa shape index (κ3) is 4.46. The first-order chi connectivity index (χ1) is 12.0. The first kappa shape index (κ1) is 18.9. The molecule has 4 heteroatoms. The zero-order chi connectivity index (χ0) is 18.0. The van der Waals surface area contributed by atoms with Crippen molar-refractivity contribution in [2.45, 2.75) is 67.0 Å². The van der Waals surface area contributed by atoms with Crippen molar-refractivity contribution in [3.63, 3.8) is 0 Å². The monoisotopic (exact) mass is 346 g/mol. The van der Waals surface area contributed by atoms with E-state index in [1.807, 2.05) is 0 Å². The van der Waals surface area contributed by atoms with E-state index < -0.39 is 0 Å². The second kappa shape index (κ2) is 8.22. The van der Waals surface area contributed by atoms with Crippen LogP contribution in [0.4, 0.5) is 0 Å². The van der Waals surface area contributed by atoms with Gasteiger partial charge < -0.3 is 4.90 Å². The number of piperidine rings is 1. The molecule has 0 saturated carbocycles. The van der Waals surface area contributed by atoms with Crippen LogP contribution in [-0.4, -0.2) is 52.3 Å². The summed E-state index contributed by atoms with van der Waals surface area (Å²) in [4.78, 5) is 5.36. The van der Waals surface area contributed by atoms with Gasteiger partial charge in [0.1, 0.15) is 0 Å². The molecule has 2 fully saturated rings. The van der Waals surface area contributed by atoms with Crippen molar-refractivity contribution in [1.82, 2.24) is 19.6 Å².